The van der Waals surface area contributed by atoms with Crippen molar-refractivity contribution in [2.45, 2.75) is 44.6 Å². The van der Waals surface area contributed by atoms with Gasteiger partial charge in [0.05, 0.1) is 24.9 Å². The van der Waals surface area contributed by atoms with Crippen molar-refractivity contribution < 1.29 is 23.1 Å². The Kier molecular flexibility index (Phi) is 5.12. The summed E-state index contributed by atoms with van der Waals surface area (Å²) >= 11 is 0. The summed E-state index contributed by atoms with van der Waals surface area (Å²) in [6.45, 7) is 3.09. The molecule has 23 heavy (non-hydrogen) atoms. The predicted molar refractivity (Wildman–Crippen MR) is 74.5 cm³/mol. The molecule has 10 heteroatoms. The van der Waals surface area contributed by atoms with E-state index in [1.165, 1.54) is 24.0 Å². The number of amides is 2. The van der Waals surface area contributed by atoms with Gasteiger partial charge in [0.25, 0.3) is 0 Å². The molecule has 0 bridgehead atoms. The third kappa shape index (κ3) is 3.92. The van der Waals surface area contributed by atoms with Crippen molar-refractivity contribution >= 4 is 6.03 Å². The van der Waals surface area contributed by atoms with Crippen LogP contribution in [0, 0.1) is 5.92 Å². The first-order chi connectivity index (χ1) is 10.7. The van der Waals surface area contributed by atoms with Gasteiger partial charge in [-0.15, -0.1) is 5.10 Å². The maximum atomic E-state index is 13.1. The van der Waals surface area contributed by atoms with Crippen molar-refractivity contribution in [3.63, 3.8) is 0 Å². The topological polar surface area (TPSA) is 83.3 Å². The highest BCUT2D eigenvalue weighted by atomic mass is 19.4. The molecule has 0 aromatic carbocycles. The van der Waals surface area contributed by atoms with Crippen molar-refractivity contribution in [1.82, 2.24) is 25.2 Å². The molecule has 2 rings (SSSR count). The normalized spacial score (nSPS) is 24.5. The summed E-state index contributed by atoms with van der Waals surface area (Å²) in [7, 11) is 0. The fraction of sp³-hybridized carbons (Fsp3) is 0.769. The number of β-amino-alcohol motifs (C(OH)–C–C–N with tert-alkyl or cyclic N) is 1. The summed E-state index contributed by atoms with van der Waals surface area (Å²) in [6, 6.07) is -3.27. The molecule has 0 radical (unpaired) electrons. The van der Waals surface area contributed by atoms with Crippen molar-refractivity contribution in [2.75, 3.05) is 13.1 Å². The molecular formula is C13H20F3N5O2. The minimum absolute atomic E-state index is 0.0541. The Morgan fingerprint density at radius 2 is 2.17 bits per heavy atom. The lowest BCUT2D eigenvalue weighted by Crippen LogP contribution is -2.53. The molecule has 4 atom stereocenters. The van der Waals surface area contributed by atoms with E-state index in [-0.39, 0.29) is 19.5 Å². The summed E-state index contributed by atoms with van der Waals surface area (Å²) in [4.78, 5) is 13.3. The molecule has 1 aromatic heterocycles. The number of carbonyl (C=O) groups is 1. The standard InChI is InChI=1S/C13H20F3N5O2/c1-3-8(2)11(13(14,15)16)18-12(23)20-6-9(10(22)7-20)21-5-4-17-19-21/h4-5,8-11,22H,3,6-7H2,1-2H3,(H,18,23)/t8?,9-,10-,11?/m1/s1. The lowest BCUT2D eigenvalue weighted by atomic mass is 9.99. The van der Waals surface area contributed by atoms with E-state index in [1.807, 2.05) is 5.32 Å². The minimum atomic E-state index is -4.52. The lowest BCUT2D eigenvalue weighted by Gasteiger charge is -2.28. The molecular weight excluding hydrogens is 315 g/mol. The van der Waals surface area contributed by atoms with Gasteiger partial charge in [-0.3, -0.25) is 0 Å². The summed E-state index contributed by atoms with van der Waals surface area (Å²) < 4.78 is 40.6. The van der Waals surface area contributed by atoms with Crippen LogP contribution in [-0.4, -0.2) is 62.4 Å². The predicted octanol–water partition coefficient (Wildman–Crippen LogP) is 1.18. The number of rotatable bonds is 4. The number of likely N-dealkylation sites (tertiary alicyclic amines) is 1. The molecule has 1 fully saturated rings. The third-order valence-corrected chi connectivity index (χ3v) is 4.17. The molecule has 2 unspecified atom stereocenters. The van der Waals surface area contributed by atoms with Gasteiger partial charge < -0.3 is 15.3 Å². The molecule has 1 aromatic rings. The number of halogens is 3. The van der Waals surface area contributed by atoms with Crippen molar-refractivity contribution in [2.24, 2.45) is 5.92 Å². The van der Waals surface area contributed by atoms with Crippen molar-refractivity contribution in [1.29, 1.82) is 0 Å². The average Bonchev–Trinajstić information content (AvgIpc) is 3.11. The van der Waals surface area contributed by atoms with Gasteiger partial charge in [0, 0.05) is 12.7 Å². The van der Waals surface area contributed by atoms with Gasteiger partial charge in [-0.2, -0.15) is 13.2 Å². The number of aromatic nitrogens is 3. The van der Waals surface area contributed by atoms with E-state index in [4.69, 9.17) is 0 Å². The second kappa shape index (κ2) is 6.73. The van der Waals surface area contributed by atoms with Crippen molar-refractivity contribution in [3.05, 3.63) is 12.4 Å². The fourth-order valence-corrected chi connectivity index (χ4v) is 2.60. The molecule has 2 amide bonds. The average molecular weight is 335 g/mol. The van der Waals surface area contributed by atoms with Crippen LogP contribution >= 0.6 is 0 Å². The van der Waals surface area contributed by atoms with E-state index in [1.54, 1.807) is 6.92 Å². The number of carbonyl (C=O) groups excluding carboxylic acids is 1. The van der Waals surface area contributed by atoms with Crippen LogP contribution in [0.2, 0.25) is 0 Å². The zero-order valence-corrected chi connectivity index (χ0v) is 12.9. The Bertz CT molecular complexity index is 522. The number of nitrogens with one attached hydrogen (secondary N) is 1. The van der Waals surface area contributed by atoms with Gasteiger partial charge in [0.2, 0.25) is 0 Å². The first-order valence-corrected chi connectivity index (χ1v) is 7.40. The number of urea groups is 1. The zero-order valence-electron chi connectivity index (χ0n) is 12.9. The number of aliphatic hydroxyl groups is 1. The second-order valence-electron chi connectivity index (χ2n) is 5.78. The van der Waals surface area contributed by atoms with Gasteiger partial charge in [0.1, 0.15) is 6.04 Å². The maximum Gasteiger partial charge on any atom is 0.408 e. The Balaban J connectivity index is 2.03. The van der Waals surface area contributed by atoms with Crippen LogP contribution in [0.15, 0.2) is 12.4 Å². The summed E-state index contributed by atoms with van der Waals surface area (Å²) in [5.41, 5.74) is 0. The Labute approximate surface area is 131 Å². The highest BCUT2D eigenvalue weighted by Gasteiger charge is 2.45. The minimum Gasteiger partial charge on any atom is -0.389 e. The van der Waals surface area contributed by atoms with Crippen LogP contribution in [0.1, 0.15) is 26.3 Å². The van der Waals surface area contributed by atoms with Crippen LogP contribution < -0.4 is 5.32 Å². The van der Waals surface area contributed by atoms with E-state index in [0.717, 1.165) is 4.90 Å². The summed E-state index contributed by atoms with van der Waals surface area (Å²) in [5, 5.41) is 19.4. The molecule has 130 valence electrons. The number of alkyl halides is 3. The summed E-state index contributed by atoms with van der Waals surface area (Å²) in [5.74, 6) is -0.738. The summed E-state index contributed by atoms with van der Waals surface area (Å²) in [6.07, 6.45) is -2.18. The quantitative estimate of drug-likeness (QED) is 0.866. The van der Waals surface area contributed by atoms with Crippen LogP contribution in [0.5, 0.6) is 0 Å². The second-order valence-corrected chi connectivity index (χ2v) is 5.78. The first kappa shape index (κ1) is 17.5. The van der Waals surface area contributed by atoms with E-state index >= 15 is 0 Å². The highest BCUT2D eigenvalue weighted by molar-refractivity contribution is 5.75. The molecule has 7 nitrogen and oxygen atoms in total. The van der Waals surface area contributed by atoms with Gasteiger partial charge >= 0.3 is 12.2 Å². The number of hydrogen-bond donors (Lipinski definition) is 2. The van der Waals surface area contributed by atoms with Crippen LogP contribution in [0.25, 0.3) is 0 Å². The molecule has 0 spiro atoms. The van der Waals surface area contributed by atoms with E-state index < -0.39 is 36.3 Å². The smallest absolute Gasteiger partial charge is 0.389 e. The number of nitrogens with zero attached hydrogens (tertiary/aromatic N) is 4. The van der Waals surface area contributed by atoms with E-state index in [9.17, 15) is 23.1 Å². The maximum absolute atomic E-state index is 13.1. The molecule has 0 aliphatic carbocycles. The van der Waals surface area contributed by atoms with E-state index in [0.29, 0.717) is 0 Å². The molecule has 1 saturated heterocycles. The monoisotopic (exact) mass is 335 g/mol. The van der Waals surface area contributed by atoms with Gasteiger partial charge in [-0.1, -0.05) is 25.5 Å². The lowest BCUT2D eigenvalue weighted by molar-refractivity contribution is -0.164. The molecule has 2 N–H and O–H groups in total. The van der Waals surface area contributed by atoms with Gasteiger partial charge in [-0.05, 0) is 5.92 Å². The van der Waals surface area contributed by atoms with Gasteiger partial charge in [0.15, 0.2) is 0 Å². The molecule has 2 heterocycles. The zero-order chi connectivity index (χ0) is 17.2. The van der Waals surface area contributed by atoms with Crippen LogP contribution in [0.4, 0.5) is 18.0 Å². The molecule has 1 aliphatic heterocycles. The van der Waals surface area contributed by atoms with Crippen molar-refractivity contribution in [3.8, 4) is 0 Å². The Morgan fingerprint density at radius 3 is 2.70 bits per heavy atom. The molecule has 0 saturated carbocycles. The Hall–Kier alpha value is -1.84. The van der Waals surface area contributed by atoms with Crippen LogP contribution in [0.3, 0.4) is 0 Å². The third-order valence-electron chi connectivity index (χ3n) is 4.17. The fourth-order valence-electron chi connectivity index (χ4n) is 2.60. The SMILES string of the molecule is CCC(C)C(NC(=O)N1C[C@@H](O)[C@H](n2ccnn2)C1)C(F)(F)F. The molecule has 1 aliphatic rings. The van der Waals surface area contributed by atoms with Crippen LogP contribution in [-0.2, 0) is 0 Å². The van der Waals surface area contributed by atoms with Gasteiger partial charge in [-0.25, -0.2) is 9.48 Å². The number of aliphatic hydroxyl groups excluding tert-OH is 1. The largest absolute Gasteiger partial charge is 0.408 e. The first-order valence-electron chi connectivity index (χ1n) is 7.40. The number of hydrogen-bond acceptors (Lipinski definition) is 4. The van der Waals surface area contributed by atoms with E-state index in [2.05, 4.69) is 10.3 Å². The Morgan fingerprint density at radius 1 is 1.48 bits per heavy atom. The highest BCUT2D eigenvalue weighted by Crippen LogP contribution is 2.28.